The maximum atomic E-state index is 5.50. The first kappa shape index (κ1) is 73.5. The molecule has 5 heteroatoms. The molecule has 24 rings (SSSR count). The first-order valence-corrected chi connectivity index (χ1v) is 43.6. The minimum Gasteiger partial charge on any atom is -0.232 e. The standard InChI is InChI=1S/C120H83N5/c1-117(2)101-37-17-21-41-105(101)119(106-42-22-18-38-102(106)117)98-35-15-13-32-95(98)97-74-92(66-67-100(97)119)90-63-62-87-70-85(58-60-88(87)72-90)77-50-54-83(55-51-77)113-121-110(79-26-7-4-8-27-79)68-69-111(122-113)80-48-46-76(47-49-80)75-118(3)103-39-19-23-43-107(103)120(108-44-24-20-40-104(108)118)99-36-16-14-33-96(99)112-94(34-25-45-109(112)120)93-65-64-89-71-86(59-61-91(89)73-93)78-52-56-84(57-53-78)116-124-114(81-28-9-5-10-29-81)123-115(125-116)82-30-11-6-12-31-82/h4-67,69-74H,68,75H2,1-3H3. The fourth-order valence-corrected chi connectivity index (χ4v) is 21.9. The van der Waals surface area contributed by atoms with Gasteiger partial charge in [0.2, 0.25) is 0 Å². The summed E-state index contributed by atoms with van der Waals surface area (Å²) in [5.41, 5.74) is 38.3. The van der Waals surface area contributed by atoms with Crippen molar-refractivity contribution in [3.05, 3.63) is 514 Å². The van der Waals surface area contributed by atoms with Gasteiger partial charge in [-0.1, -0.05) is 415 Å². The van der Waals surface area contributed by atoms with Gasteiger partial charge in [0.25, 0.3) is 0 Å². The fourth-order valence-electron chi connectivity index (χ4n) is 21.9. The number of aromatic nitrogens is 3. The van der Waals surface area contributed by atoms with Crippen LogP contribution in [0.25, 0.3) is 128 Å². The highest BCUT2D eigenvalue weighted by atomic mass is 15.0. The van der Waals surface area contributed by atoms with Gasteiger partial charge in [-0.3, -0.25) is 0 Å². The molecule has 2 spiro atoms. The molecule has 5 aliphatic rings. The van der Waals surface area contributed by atoms with E-state index in [1.165, 1.54) is 138 Å². The van der Waals surface area contributed by atoms with Gasteiger partial charge in [0.15, 0.2) is 23.3 Å². The van der Waals surface area contributed by atoms with Crippen LogP contribution in [-0.4, -0.2) is 26.5 Å². The van der Waals surface area contributed by atoms with Gasteiger partial charge >= 0.3 is 0 Å². The number of benzene rings is 18. The molecule has 0 atom stereocenters. The molecule has 0 bridgehead atoms. The third-order valence-corrected chi connectivity index (χ3v) is 27.8. The predicted octanol–water partition coefficient (Wildman–Crippen LogP) is 28.8. The number of fused-ring (bicyclic) bond motifs is 20. The maximum absolute atomic E-state index is 5.50. The van der Waals surface area contributed by atoms with Crippen molar-refractivity contribution in [2.24, 2.45) is 9.98 Å². The summed E-state index contributed by atoms with van der Waals surface area (Å²) in [5, 5.41) is 4.77. The van der Waals surface area contributed by atoms with E-state index in [-0.39, 0.29) is 5.41 Å². The Balaban J connectivity index is 0.509. The average molecular weight is 1600 g/mol. The fraction of sp³-hybridized carbons (Fsp3) is 0.0750. The van der Waals surface area contributed by atoms with Crippen molar-refractivity contribution in [2.75, 3.05) is 0 Å². The Kier molecular flexibility index (Phi) is 17.0. The van der Waals surface area contributed by atoms with Crippen molar-refractivity contribution < 1.29 is 0 Å². The number of rotatable bonds is 12. The predicted molar refractivity (Wildman–Crippen MR) is 515 cm³/mol. The van der Waals surface area contributed by atoms with Crippen LogP contribution < -0.4 is 0 Å². The lowest BCUT2D eigenvalue weighted by Gasteiger charge is -2.48. The van der Waals surface area contributed by atoms with E-state index in [1.807, 2.05) is 60.7 Å². The normalized spacial score (nSPS) is 15.5. The van der Waals surface area contributed by atoms with Crippen molar-refractivity contribution in [3.63, 3.8) is 0 Å². The van der Waals surface area contributed by atoms with Crippen molar-refractivity contribution in [1.82, 2.24) is 15.0 Å². The van der Waals surface area contributed by atoms with E-state index in [0.29, 0.717) is 29.7 Å². The van der Waals surface area contributed by atoms with Crippen molar-refractivity contribution in [2.45, 2.75) is 55.3 Å². The second kappa shape index (κ2) is 28.9. The lowest BCUT2D eigenvalue weighted by Crippen LogP contribution is -2.43. The summed E-state index contributed by atoms with van der Waals surface area (Å²) in [7, 11) is 0. The van der Waals surface area contributed by atoms with E-state index in [9.17, 15) is 0 Å². The molecule has 0 radical (unpaired) electrons. The SMILES string of the molecule is CC1(C)c2ccccc2C2(c3ccccc3-c3cc(-c4ccc5cc(-c6ccc(C7=NC(c8ccc(CC9(C)c%10ccccc%10C%10(c%11ccccc%11-c%11c(-c%12ccc%13cc(-c%14ccc(-c%15nc(-c%16ccccc%16)nc(-c%16ccccc%16)n%15)cc%14)ccc%13c%12)cccc%11%10)c%10ccccc%109)cc8)=CCC(c8ccccc8)=N7)cc6)ccc5c4)ccc32)c2ccccc21. The van der Waals surface area contributed by atoms with Gasteiger partial charge in [0, 0.05) is 39.5 Å². The second-order valence-corrected chi connectivity index (χ2v) is 35.0. The molecule has 0 fully saturated rings. The summed E-state index contributed by atoms with van der Waals surface area (Å²) in [4.78, 5) is 25.9. The number of aliphatic imine (C=N–C) groups is 2. The van der Waals surface area contributed by atoms with Gasteiger partial charge in [-0.05, 0) is 209 Å². The third kappa shape index (κ3) is 11.6. The van der Waals surface area contributed by atoms with E-state index >= 15 is 0 Å². The minimum atomic E-state index is -0.579. The summed E-state index contributed by atoms with van der Waals surface area (Å²) in [5.74, 6) is 2.62. The maximum Gasteiger partial charge on any atom is 0.164 e. The molecule has 0 unspecified atom stereocenters. The van der Waals surface area contributed by atoms with Crippen LogP contribution in [0.1, 0.15) is 116 Å². The molecule has 0 amide bonds. The molecule has 4 aliphatic carbocycles. The first-order valence-electron chi connectivity index (χ1n) is 43.6. The Hall–Kier alpha value is -15.4. The van der Waals surface area contributed by atoms with Gasteiger partial charge in [0.1, 0.15) is 0 Å². The Bertz CT molecular complexity index is 7570. The van der Waals surface area contributed by atoms with E-state index < -0.39 is 16.2 Å². The Morgan fingerprint density at radius 3 is 1.12 bits per heavy atom. The van der Waals surface area contributed by atoms with E-state index in [4.69, 9.17) is 24.9 Å². The van der Waals surface area contributed by atoms with Crippen molar-refractivity contribution >= 4 is 38.8 Å². The molecule has 125 heavy (non-hydrogen) atoms. The quantitative estimate of drug-likeness (QED) is 0.122. The zero-order valence-corrected chi connectivity index (χ0v) is 69.6. The number of hydrogen-bond acceptors (Lipinski definition) is 5. The van der Waals surface area contributed by atoms with Crippen LogP contribution in [0.4, 0.5) is 0 Å². The monoisotopic (exact) mass is 1590 g/mol. The zero-order valence-electron chi connectivity index (χ0n) is 69.6. The van der Waals surface area contributed by atoms with Crippen molar-refractivity contribution in [3.8, 4) is 101 Å². The molecule has 5 nitrogen and oxygen atoms in total. The molecule has 1 aromatic heterocycles. The van der Waals surface area contributed by atoms with Crippen LogP contribution >= 0.6 is 0 Å². The largest absolute Gasteiger partial charge is 0.232 e. The molecule has 588 valence electrons. The van der Waals surface area contributed by atoms with E-state index in [0.717, 1.165) is 73.5 Å². The highest BCUT2D eigenvalue weighted by molar-refractivity contribution is 6.15. The molecule has 2 heterocycles. The first-order chi connectivity index (χ1) is 61.5. The highest BCUT2D eigenvalue weighted by Crippen LogP contribution is 2.66. The molecule has 19 aromatic rings. The molecule has 0 N–H and O–H groups in total. The van der Waals surface area contributed by atoms with Crippen LogP contribution in [-0.2, 0) is 28.1 Å². The minimum absolute atomic E-state index is 0.140. The number of nitrogens with zero attached hydrogens (tertiary/aromatic N) is 5. The Morgan fingerprint density at radius 1 is 0.232 bits per heavy atom. The van der Waals surface area contributed by atoms with Crippen LogP contribution in [0.3, 0.4) is 0 Å². The summed E-state index contributed by atoms with van der Waals surface area (Å²) in [6.07, 6.45) is 3.68. The Morgan fingerprint density at radius 2 is 0.584 bits per heavy atom. The summed E-state index contributed by atoms with van der Waals surface area (Å²) in [6.45, 7) is 7.25. The van der Waals surface area contributed by atoms with Gasteiger partial charge in [-0.25, -0.2) is 24.9 Å². The topological polar surface area (TPSA) is 63.4 Å². The third-order valence-electron chi connectivity index (χ3n) is 27.8. The molecule has 0 saturated carbocycles. The summed E-state index contributed by atoms with van der Waals surface area (Å²) in [6, 6.07) is 155. The second-order valence-electron chi connectivity index (χ2n) is 35.0. The van der Waals surface area contributed by atoms with E-state index in [2.05, 4.69) is 385 Å². The van der Waals surface area contributed by atoms with Crippen LogP contribution in [0.5, 0.6) is 0 Å². The number of allylic oxidation sites excluding steroid dienone is 1. The summed E-state index contributed by atoms with van der Waals surface area (Å²) < 4.78 is 0. The highest BCUT2D eigenvalue weighted by Gasteiger charge is 2.56. The van der Waals surface area contributed by atoms with Crippen LogP contribution in [0.15, 0.2) is 435 Å². The van der Waals surface area contributed by atoms with Gasteiger partial charge in [-0.2, -0.15) is 0 Å². The number of hydrogen-bond donors (Lipinski definition) is 0. The molecule has 1 aliphatic heterocycles. The lowest BCUT2D eigenvalue weighted by molar-refractivity contribution is 0.514. The van der Waals surface area contributed by atoms with Gasteiger partial charge in [0.05, 0.1) is 22.2 Å². The molecule has 18 aromatic carbocycles. The average Bonchev–Trinajstić information content (AvgIpc) is 1.54. The molecular weight excluding hydrogens is 1510 g/mol. The molecular formula is C120H83N5. The molecule has 0 saturated heterocycles. The van der Waals surface area contributed by atoms with Gasteiger partial charge in [-0.15, -0.1) is 0 Å². The van der Waals surface area contributed by atoms with E-state index in [1.54, 1.807) is 0 Å². The summed E-state index contributed by atoms with van der Waals surface area (Å²) >= 11 is 0. The van der Waals surface area contributed by atoms with Crippen LogP contribution in [0, 0.1) is 0 Å². The van der Waals surface area contributed by atoms with Gasteiger partial charge < -0.3 is 0 Å². The smallest absolute Gasteiger partial charge is 0.164 e. The van der Waals surface area contributed by atoms with Crippen LogP contribution in [0.2, 0.25) is 0 Å². The zero-order chi connectivity index (χ0) is 83.1. The van der Waals surface area contributed by atoms with Crippen molar-refractivity contribution in [1.29, 1.82) is 0 Å². The Labute approximate surface area is 728 Å². The lowest BCUT2D eigenvalue weighted by atomic mass is 9.54. The number of amidine groups is 1.